The molecule has 1 N–H and O–H groups in total. The molecule has 2 fully saturated rings. The highest BCUT2D eigenvalue weighted by molar-refractivity contribution is 6.36. The predicted octanol–water partition coefficient (Wildman–Crippen LogP) is 7.94. The molecule has 45 heavy (non-hydrogen) atoms. The van der Waals surface area contributed by atoms with Crippen LogP contribution in [-0.4, -0.2) is 48.2 Å². The van der Waals surface area contributed by atoms with Crippen LogP contribution in [0.5, 0.6) is 6.01 Å². The molecule has 236 valence electrons. The Balaban J connectivity index is 1.18. The lowest BCUT2D eigenvalue weighted by Crippen LogP contribution is -2.51. The first-order valence-corrected chi connectivity index (χ1v) is 16.5. The minimum Gasteiger partial charge on any atom is -0.463 e. The Morgan fingerprint density at radius 1 is 1.09 bits per heavy atom. The zero-order valence-electron chi connectivity index (χ0n) is 25.5. The van der Waals surface area contributed by atoms with Crippen LogP contribution in [0.4, 0.5) is 14.6 Å². The molecule has 2 atom stereocenters. The molecule has 1 saturated heterocycles. The molecule has 0 radical (unpaired) electrons. The van der Waals surface area contributed by atoms with Crippen LogP contribution >= 0.6 is 11.6 Å². The molecule has 9 heteroatoms. The first kappa shape index (κ1) is 31.4. The van der Waals surface area contributed by atoms with Gasteiger partial charge in [-0.25, -0.2) is 8.78 Å². The van der Waals surface area contributed by atoms with E-state index >= 15 is 0 Å². The molecule has 2 heterocycles. The Labute approximate surface area is 269 Å². The SMILES string of the molecule is N#CC[C@H]1CN(c2nc(OCC/C=C/C3CCC(F)(F)CC3)nc3c2CCC(/C=C/c2cccc4cccc(Cl)c24)C3)CCN1. The zero-order chi connectivity index (χ0) is 31.2. The van der Waals surface area contributed by atoms with E-state index in [1.54, 1.807) is 0 Å². The maximum absolute atomic E-state index is 13.5. The fourth-order valence-corrected chi connectivity index (χ4v) is 7.11. The van der Waals surface area contributed by atoms with Crippen molar-refractivity contribution in [2.75, 3.05) is 31.1 Å². The number of nitriles is 1. The summed E-state index contributed by atoms with van der Waals surface area (Å²) in [6.07, 6.45) is 13.3. The highest BCUT2D eigenvalue weighted by atomic mass is 35.5. The number of ether oxygens (including phenoxy) is 1. The van der Waals surface area contributed by atoms with Crippen LogP contribution in [0.1, 0.15) is 61.8 Å². The second-order valence-corrected chi connectivity index (χ2v) is 12.9. The second kappa shape index (κ2) is 14.3. The number of aromatic nitrogens is 2. The molecule has 3 aliphatic rings. The Hall–Kier alpha value is -3.54. The highest BCUT2D eigenvalue weighted by Crippen LogP contribution is 2.37. The van der Waals surface area contributed by atoms with Crippen molar-refractivity contribution in [1.82, 2.24) is 15.3 Å². The quantitative estimate of drug-likeness (QED) is 0.191. The summed E-state index contributed by atoms with van der Waals surface area (Å²) in [6.45, 7) is 2.73. The normalized spacial score (nSPS) is 22.1. The van der Waals surface area contributed by atoms with Gasteiger partial charge in [-0.2, -0.15) is 15.2 Å². The van der Waals surface area contributed by atoms with Gasteiger partial charge >= 0.3 is 6.01 Å². The van der Waals surface area contributed by atoms with E-state index in [0.717, 1.165) is 65.2 Å². The molecular formula is C36H40ClF2N5O. The third-order valence-corrected chi connectivity index (χ3v) is 9.60. The Kier molecular flexibility index (Phi) is 9.97. The molecule has 0 spiro atoms. The fourth-order valence-electron chi connectivity index (χ4n) is 6.82. The highest BCUT2D eigenvalue weighted by Gasteiger charge is 2.34. The van der Waals surface area contributed by atoms with Crippen LogP contribution in [0, 0.1) is 23.2 Å². The topological polar surface area (TPSA) is 74.1 Å². The Bertz CT molecular complexity index is 1590. The number of fused-ring (bicyclic) bond motifs is 2. The number of allylic oxidation sites excluding steroid dienone is 2. The second-order valence-electron chi connectivity index (χ2n) is 12.5. The number of benzene rings is 2. The molecular weight excluding hydrogens is 592 g/mol. The maximum atomic E-state index is 13.5. The molecule has 0 amide bonds. The summed E-state index contributed by atoms with van der Waals surface area (Å²) >= 11 is 6.58. The Morgan fingerprint density at radius 2 is 1.91 bits per heavy atom. The summed E-state index contributed by atoms with van der Waals surface area (Å²) in [7, 11) is 0. The molecule has 1 aliphatic heterocycles. The van der Waals surface area contributed by atoms with Gasteiger partial charge in [0.1, 0.15) is 5.82 Å². The lowest BCUT2D eigenvalue weighted by Gasteiger charge is -2.36. The van der Waals surface area contributed by atoms with Crippen molar-refractivity contribution in [3.63, 3.8) is 0 Å². The van der Waals surface area contributed by atoms with Crippen LogP contribution in [0.3, 0.4) is 0 Å². The summed E-state index contributed by atoms with van der Waals surface area (Å²) in [5, 5.41) is 15.7. The average molecular weight is 632 g/mol. The number of nitrogens with one attached hydrogen (secondary N) is 1. The summed E-state index contributed by atoms with van der Waals surface area (Å²) in [4.78, 5) is 12.1. The molecule has 1 unspecified atom stereocenters. The lowest BCUT2D eigenvalue weighted by atomic mass is 9.86. The monoisotopic (exact) mass is 631 g/mol. The van der Waals surface area contributed by atoms with E-state index in [9.17, 15) is 14.0 Å². The number of rotatable bonds is 9. The van der Waals surface area contributed by atoms with Gasteiger partial charge in [0.25, 0.3) is 0 Å². The molecule has 0 bridgehead atoms. The van der Waals surface area contributed by atoms with Gasteiger partial charge in [0.15, 0.2) is 0 Å². The van der Waals surface area contributed by atoms with Crippen molar-refractivity contribution in [2.45, 2.75) is 69.8 Å². The average Bonchev–Trinajstić information content (AvgIpc) is 3.04. The molecule has 6 rings (SSSR count). The lowest BCUT2D eigenvalue weighted by molar-refractivity contribution is -0.0411. The maximum Gasteiger partial charge on any atom is 0.318 e. The minimum atomic E-state index is -2.51. The summed E-state index contributed by atoms with van der Waals surface area (Å²) in [5.41, 5.74) is 3.29. The standard InChI is InChI=1S/C36H40ClF2N5O/c37-31-9-4-8-27-6-3-7-28(33(27)31)12-10-26-11-13-30-32(23-26)42-35(43-34(30)44-21-20-41-29(24-44)16-19-40)45-22-2-1-5-25-14-17-36(38,39)18-15-25/h1,3-10,12,25-26,29,41H,2,11,13-18,20-24H2/b5-1+,12-10+/t26?,29-/m0/s1. The van der Waals surface area contributed by atoms with Crippen LogP contribution in [0.2, 0.25) is 5.02 Å². The molecule has 3 aromatic rings. The number of piperazine rings is 1. The molecule has 1 aromatic heterocycles. The molecule has 6 nitrogen and oxygen atoms in total. The molecule has 1 saturated carbocycles. The van der Waals surface area contributed by atoms with E-state index in [1.165, 1.54) is 5.56 Å². The number of alkyl halides is 2. The van der Waals surface area contributed by atoms with Crippen molar-refractivity contribution < 1.29 is 13.5 Å². The van der Waals surface area contributed by atoms with Crippen molar-refractivity contribution in [3.8, 4) is 12.1 Å². The van der Waals surface area contributed by atoms with E-state index in [1.807, 2.05) is 18.2 Å². The van der Waals surface area contributed by atoms with Crippen LogP contribution in [0.15, 0.2) is 54.6 Å². The Morgan fingerprint density at radius 3 is 2.73 bits per heavy atom. The van der Waals surface area contributed by atoms with Crippen molar-refractivity contribution in [2.24, 2.45) is 11.8 Å². The van der Waals surface area contributed by atoms with Gasteiger partial charge in [-0.3, -0.25) is 0 Å². The number of nitrogens with zero attached hydrogens (tertiary/aromatic N) is 4. The number of hydrogen-bond acceptors (Lipinski definition) is 6. The first-order valence-electron chi connectivity index (χ1n) is 16.2. The van der Waals surface area contributed by atoms with Crippen molar-refractivity contribution in [3.05, 3.63) is 76.5 Å². The summed E-state index contributed by atoms with van der Waals surface area (Å²) in [6, 6.07) is 15.0. The number of halogens is 3. The van der Waals surface area contributed by atoms with Crippen molar-refractivity contribution >= 4 is 34.3 Å². The van der Waals surface area contributed by atoms with E-state index in [-0.39, 0.29) is 24.8 Å². The van der Waals surface area contributed by atoms with Gasteiger partial charge in [0, 0.05) is 54.5 Å². The summed E-state index contributed by atoms with van der Waals surface area (Å²) < 4.78 is 33.1. The van der Waals surface area contributed by atoms with Gasteiger partial charge in [0.2, 0.25) is 5.92 Å². The van der Waals surface area contributed by atoms with E-state index < -0.39 is 5.92 Å². The number of anilines is 1. The van der Waals surface area contributed by atoms with Gasteiger partial charge in [-0.15, -0.1) is 0 Å². The largest absolute Gasteiger partial charge is 0.463 e. The van der Waals surface area contributed by atoms with E-state index in [0.29, 0.717) is 50.8 Å². The van der Waals surface area contributed by atoms with E-state index in [2.05, 4.69) is 58.8 Å². The molecule has 2 aliphatic carbocycles. The fraction of sp³-hybridized carbons (Fsp3) is 0.472. The van der Waals surface area contributed by atoms with Crippen LogP contribution in [0.25, 0.3) is 16.8 Å². The van der Waals surface area contributed by atoms with Crippen LogP contribution in [-0.2, 0) is 12.8 Å². The van der Waals surface area contributed by atoms with Gasteiger partial charge < -0.3 is 15.0 Å². The number of hydrogen-bond donors (Lipinski definition) is 1. The smallest absolute Gasteiger partial charge is 0.318 e. The summed E-state index contributed by atoms with van der Waals surface area (Å²) in [5.74, 6) is -1.07. The van der Waals surface area contributed by atoms with Gasteiger partial charge in [-0.1, -0.05) is 66.2 Å². The zero-order valence-corrected chi connectivity index (χ0v) is 26.3. The third-order valence-electron chi connectivity index (χ3n) is 9.28. The third kappa shape index (κ3) is 7.82. The first-order chi connectivity index (χ1) is 21.9. The minimum absolute atomic E-state index is 0.0304. The van der Waals surface area contributed by atoms with Gasteiger partial charge in [0.05, 0.1) is 24.8 Å². The molecule has 2 aromatic carbocycles. The van der Waals surface area contributed by atoms with Crippen LogP contribution < -0.4 is 15.0 Å². The van der Waals surface area contributed by atoms with Crippen molar-refractivity contribution in [1.29, 1.82) is 5.26 Å². The predicted molar refractivity (Wildman–Crippen MR) is 176 cm³/mol. The van der Waals surface area contributed by atoms with E-state index in [4.69, 9.17) is 26.3 Å². The van der Waals surface area contributed by atoms with Gasteiger partial charge in [-0.05, 0) is 67.4 Å².